The van der Waals surface area contributed by atoms with E-state index in [1.807, 2.05) is 50.6 Å². The van der Waals surface area contributed by atoms with Crippen LogP contribution in [0.3, 0.4) is 0 Å². The summed E-state index contributed by atoms with van der Waals surface area (Å²) in [7, 11) is -1.69. The molecule has 0 bridgehead atoms. The van der Waals surface area contributed by atoms with Crippen molar-refractivity contribution in [3.63, 3.8) is 0 Å². The van der Waals surface area contributed by atoms with Gasteiger partial charge in [0.05, 0.1) is 28.2 Å². The monoisotopic (exact) mass is 458 g/mol. The highest BCUT2D eigenvalue weighted by atomic mass is 32.2. The first-order valence-electron chi connectivity index (χ1n) is 10.8. The zero-order valence-corrected chi connectivity index (χ0v) is 19.8. The van der Waals surface area contributed by atoms with Gasteiger partial charge in [-0.2, -0.15) is 4.31 Å². The number of rotatable bonds is 10. The van der Waals surface area contributed by atoms with E-state index in [-0.39, 0.29) is 17.2 Å². The number of carbonyl (C=O) groups excluding carboxylic acids is 1. The van der Waals surface area contributed by atoms with Gasteiger partial charge in [0.25, 0.3) is 0 Å². The van der Waals surface area contributed by atoms with Crippen LogP contribution in [0.1, 0.15) is 33.0 Å². The Kier molecular flexibility index (Phi) is 7.52. The van der Waals surface area contributed by atoms with Crippen LogP contribution in [0.15, 0.2) is 47.4 Å². The van der Waals surface area contributed by atoms with Crippen LogP contribution >= 0.6 is 0 Å². The number of nitrogens with one attached hydrogen (secondary N) is 1. The van der Waals surface area contributed by atoms with Crippen LogP contribution in [0, 0.1) is 0 Å². The van der Waals surface area contributed by atoms with Gasteiger partial charge in [-0.15, -0.1) is 0 Å². The van der Waals surface area contributed by atoms with Gasteiger partial charge in [-0.05, 0) is 37.3 Å². The summed E-state index contributed by atoms with van der Waals surface area (Å²) in [5.41, 5.74) is 2.05. The quantitative estimate of drug-likeness (QED) is 0.501. The SMILES string of the molecule is CCOc1ccccc1NC(=O)CCc1nc2cc(S(=O)(=O)N(CC)CC)ccc2n1C. The van der Waals surface area contributed by atoms with Gasteiger partial charge in [-0.1, -0.05) is 26.0 Å². The van der Waals surface area contributed by atoms with E-state index in [2.05, 4.69) is 10.3 Å². The molecule has 0 saturated carbocycles. The van der Waals surface area contributed by atoms with Gasteiger partial charge < -0.3 is 14.6 Å². The molecule has 1 N–H and O–H groups in total. The van der Waals surface area contributed by atoms with Gasteiger partial charge in [0.1, 0.15) is 11.6 Å². The number of anilines is 1. The number of aryl methyl sites for hydroxylation is 2. The Bertz CT molecular complexity index is 1200. The van der Waals surface area contributed by atoms with E-state index in [0.29, 0.717) is 48.9 Å². The van der Waals surface area contributed by atoms with Crippen molar-refractivity contribution in [1.29, 1.82) is 0 Å². The number of imidazole rings is 1. The van der Waals surface area contributed by atoms with E-state index in [1.165, 1.54) is 4.31 Å². The Hall–Kier alpha value is -2.91. The fraction of sp³-hybridized carbons (Fsp3) is 0.391. The van der Waals surface area contributed by atoms with E-state index in [4.69, 9.17) is 4.74 Å². The minimum atomic E-state index is -3.56. The number of hydrogen-bond donors (Lipinski definition) is 1. The summed E-state index contributed by atoms with van der Waals surface area (Å²) in [4.78, 5) is 17.3. The molecule has 0 atom stereocenters. The van der Waals surface area contributed by atoms with Crippen LogP contribution in [-0.4, -0.2) is 47.9 Å². The number of ether oxygens (including phenoxy) is 1. The minimum absolute atomic E-state index is 0.144. The van der Waals surface area contributed by atoms with Crippen LogP contribution < -0.4 is 10.1 Å². The first-order chi connectivity index (χ1) is 15.3. The molecule has 3 aromatic rings. The zero-order valence-electron chi connectivity index (χ0n) is 19.0. The lowest BCUT2D eigenvalue weighted by molar-refractivity contribution is -0.116. The van der Waals surface area contributed by atoms with Crippen molar-refractivity contribution in [3.05, 3.63) is 48.3 Å². The third-order valence-electron chi connectivity index (χ3n) is 5.32. The molecule has 8 nitrogen and oxygen atoms in total. The molecule has 0 unspecified atom stereocenters. The molecular formula is C23H30N4O4S. The number of carbonyl (C=O) groups is 1. The maximum absolute atomic E-state index is 12.8. The van der Waals surface area contributed by atoms with Crippen molar-refractivity contribution < 1.29 is 17.9 Å². The van der Waals surface area contributed by atoms with Crippen molar-refractivity contribution in [2.24, 2.45) is 7.05 Å². The van der Waals surface area contributed by atoms with Crippen LogP contribution in [0.4, 0.5) is 5.69 Å². The van der Waals surface area contributed by atoms with Crippen LogP contribution in [0.25, 0.3) is 11.0 Å². The molecule has 32 heavy (non-hydrogen) atoms. The molecule has 1 amide bonds. The number of benzene rings is 2. The van der Waals surface area contributed by atoms with Gasteiger partial charge in [-0.3, -0.25) is 4.79 Å². The topological polar surface area (TPSA) is 93.5 Å². The Morgan fingerprint density at radius 3 is 2.53 bits per heavy atom. The second-order valence-electron chi connectivity index (χ2n) is 7.30. The molecule has 0 aliphatic carbocycles. The number of para-hydroxylation sites is 2. The lowest BCUT2D eigenvalue weighted by Gasteiger charge is -2.18. The Morgan fingerprint density at radius 1 is 1.12 bits per heavy atom. The fourth-order valence-electron chi connectivity index (χ4n) is 3.62. The van der Waals surface area contributed by atoms with Crippen molar-refractivity contribution >= 4 is 32.7 Å². The number of fused-ring (bicyclic) bond motifs is 1. The van der Waals surface area contributed by atoms with E-state index in [1.54, 1.807) is 24.3 Å². The highest BCUT2D eigenvalue weighted by Gasteiger charge is 2.22. The summed E-state index contributed by atoms with van der Waals surface area (Å²) in [6.45, 7) is 6.85. The Balaban J connectivity index is 1.76. The van der Waals surface area contributed by atoms with Gasteiger partial charge in [-0.25, -0.2) is 13.4 Å². The van der Waals surface area contributed by atoms with E-state index >= 15 is 0 Å². The average molecular weight is 459 g/mol. The summed E-state index contributed by atoms with van der Waals surface area (Å²) < 4.78 is 34.5. The average Bonchev–Trinajstić information content (AvgIpc) is 3.09. The molecule has 0 fully saturated rings. The molecule has 1 heterocycles. The lowest BCUT2D eigenvalue weighted by atomic mass is 10.2. The summed E-state index contributed by atoms with van der Waals surface area (Å²) >= 11 is 0. The van der Waals surface area contributed by atoms with Gasteiger partial charge in [0.2, 0.25) is 15.9 Å². The number of sulfonamides is 1. The van der Waals surface area contributed by atoms with Crippen molar-refractivity contribution in [2.75, 3.05) is 25.0 Å². The molecule has 0 radical (unpaired) electrons. The molecule has 2 aromatic carbocycles. The highest BCUT2D eigenvalue weighted by Crippen LogP contribution is 2.25. The maximum atomic E-state index is 12.8. The van der Waals surface area contributed by atoms with E-state index in [9.17, 15) is 13.2 Å². The number of aromatic nitrogens is 2. The summed E-state index contributed by atoms with van der Waals surface area (Å²) in [6.07, 6.45) is 0.661. The van der Waals surface area contributed by atoms with Crippen molar-refractivity contribution in [2.45, 2.75) is 38.5 Å². The molecule has 0 aliphatic rings. The molecule has 1 aromatic heterocycles. The fourth-order valence-corrected chi connectivity index (χ4v) is 5.09. The third-order valence-corrected chi connectivity index (χ3v) is 7.37. The van der Waals surface area contributed by atoms with Gasteiger partial charge in [0.15, 0.2) is 0 Å². The van der Waals surface area contributed by atoms with Crippen LogP contribution in [-0.2, 0) is 28.3 Å². The lowest BCUT2D eigenvalue weighted by Crippen LogP contribution is -2.30. The van der Waals surface area contributed by atoms with Gasteiger partial charge in [0, 0.05) is 33.0 Å². The molecule has 0 spiro atoms. The first kappa shape index (κ1) is 23.7. The number of nitrogens with zero attached hydrogens (tertiary/aromatic N) is 3. The second kappa shape index (κ2) is 10.1. The molecule has 0 aliphatic heterocycles. The van der Waals surface area contributed by atoms with Crippen molar-refractivity contribution in [1.82, 2.24) is 13.9 Å². The van der Waals surface area contributed by atoms with Crippen LogP contribution in [0.2, 0.25) is 0 Å². The summed E-state index contributed by atoms with van der Waals surface area (Å²) in [5, 5.41) is 2.89. The smallest absolute Gasteiger partial charge is 0.243 e. The minimum Gasteiger partial charge on any atom is -0.492 e. The number of hydrogen-bond acceptors (Lipinski definition) is 5. The maximum Gasteiger partial charge on any atom is 0.243 e. The predicted octanol–water partition coefficient (Wildman–Crippen LogP) is 3.57. The summed E-state index contributed by atoms with van der Waals surface area (Å²) in [6, 6.07) is 12.3. The standard InChI is InChI=1S/C23H30N4O4S/c1-5-27(6-2)32(29,30)17-12-13-20-19(16-17)24-22(26(20)4)14-15-23(28)25-18-10-8-9-11-21(18)31-7-3/h8-13,16H,5-7,14-15H2,1-4H3,(H,25,28). The molecule has 3 rings (SSSR count). The van der Waals surface area contributed by atoms with E-state index < -0.39 is 10.0 Å². The molecule has 172 valence electrons. The highest BCUT2D eigenvalue weighted by molar-refractivity contribution is 7.89. The third kappa shape index (κ3) is 4.94. The van der Waals surface area contributed by atoms with E-state index in [0.717, 1.165) is 5.52 Å². The van der Waals surface area contributed by atoms with Crippen molar-refractivity contribution in [3.8, 4) is 5.75 Å². The molecule has 0 saturated heterocycles. The number of amides is 1. The van der Waals surface area contributed by atoms with Gasteiger partial charge >= 0.3 is 0 Å². The van der Waals surface area contributed by atoms with Crippen LogP contribution in [0.5, 0.6) is 5.75 Å². The first-order valence-corrected chi connectivity index (χ1v) is 12.2. The Morgan fingerprint density at radius 2 is 1.84 bits per heavy atom. The predicted molar refractivity (Wildman–Crippen MR) is 125 cm³/mol. The summed E-state index contributed by atoms with van der Waals surface area (Å²) in [5.74, 6) is 1.20. The zero-order chi connectivity index (χ0) is 23.3. The second-order valence-corrected chi connectivity index (χ2v) is 9.24. The Labute approximate surface area is 189 Å². The normalized spacial score (nSPS) is 11.8. The molecule has 9 heteroatoms. The molecular weight excluding hydrogens is 428 g/mol. The largest absolute Gasteiger partial charge is 0.492 e.